The van der Waals surface area contributed by atoms with Gasteiger partial charge in [-0.2, -0.15) is 5.26 Å². The molecule has 1 aromatic rings. The number of halogens is 3. The highest BCUT2D eigenvalue weighted by Gasteiger charge is 2.21. The summed E-state index contributed by atoms with van der Waals surface area (Å²) in [6.45, 7) is 0. The minimum absolute atomic E-state index is 0.00213. The smallest absolute Gasteiger partial charge is 0.309 e. The van der Waals surface area contributed by atoms with Crippen LogP contribution >= 0.6 is 22.6 Å². The van der Waals surface area contributed by atoms with Crippen molar-refractivity contribution in [1.82, 2.24) is 4.98 Å². The third kappa shape index (κ3) is 3.33. The summed E-state index contributed by atoms with van der Waals surface area (Å²) in [6, 6.07) is 2.93. The van der Waals surface area contributed by atoms with E-state index in [0.29, 0.717) is 0 Å². The summed E-state index contributed by atoms with van der Waals surface area (Å²) < 4.78 is 30.0. The molecule has 0 aromatic carbocycles. The molecule has 0 atom stereocenters. The quantitative estimate of drug-likeness (QED) is 0.475. The minimum atomic E-state index is -2.75. The number of hydrogen-bond donors (Lipinski definition) is 0. The van der Waals surface area contributed by atoms with Gasteiger partial charge in [0.25, 0.3) is 6.43 Å². The van der Waals surface area contributed by atoms with Crippen LogP contribution in [0.15, 0.2) is 6.07 Å². The van der Waals surface area contributed by atoms with E-state index in [1.807, 2.05) is 0 Å². The first-order valence-electron chi connectivity index (χ1n) is 4.44. The molecular weight excluding hydrogens is 345 g/mol. The van der Waals surface area contributed by atoms with Gasteiger partial charge in [0.15, 0.2) is 0 Å². The Balaban J connectivity index is 3.28. The van der Waals surface area contributed by atoms with E-state index in [4.69, 9.17) is 5.26 Å². The van der Waals surface area contributed by atoms with Crippen LogP contribution in [-0.2, 0) is 16.0 Å². The van der Waals surface area contributed by atoms with Crippen LogP contribution in [0.4, 0.5) is 8.78 Å². The van der Waals surface area contributed by atoms with Crippen molar-refractivity contribution in [3.05, 3.63) is 26.6 Å². The molecule has 1 heterocycles. The minimum Gasteiger partial charge on any atom is -0.469 e. The summed E-state index contributed by atoms with van der Waals surface area (Å²) in [5.41, 5.74) is -0.254. The van der Waals surface area contributed by atoms with Gasteiger partial charge < -0.3 is 4.74 Å². The van der Waals surface area contributed by atoms with Crippen LogP contribution < -0.4 is 0 Å². The fourth-order valence-electron chi connectivity index (χ4n) is 1.23. The van der Waals surface area contributed by atoms with E-state index >= 15 is 0 Å². The number of nitrogens with zero attached hydrogens (tertiary/aromatic N) is 2. The predicted molar refractivity (Wildman–Crippen MR) is 62.3 cm³/mol. The average Bonchev–Trinajstić information content (AvgIpc) is 2.27. The molecule has 0 amide bonds. The zero-order valence-corrected chi connectivity index (χ0v) is 10.9. The molecule has 0 aliphatic rings. The van der Waals surface area contributed by atoms with Crippen molar-refractivity contribution in [2.24, 2.45) is 0 Å². The Hall–Kier alpha value is -1.30. The number of esters is 1. The number of nitriles is 1. The molecule has 0 radical (unpaired) electrons. The molecule has 0 spiro atoms. The van der Waals surface area contributed by atoms with Crippen LogP contribution in [-0.4, -0.2) is 18.1 Å². The van der Waals surface area contributed by atoms with Crippen molar-refractivity contribution in [3.8, 4) is 6.07 Å². The fourth-order valence-corrected chi connectivity index (χ4v) is 2.08. The summed E-state index contributed by atoms with van der Waals surface area (Å²) >= 11 is 1.61. The molecule has 0 fully saturated rings. The van der Waals surface area contributed by atoms with Gasteiger partial charge in [-0.1, -0.05) is 0 Å². The highest BCUT2D eigenvalue weighted by molar-refractivity contribution is 14.1. The molecule has 90 valence electrons. The zero-order valence-electron chi connectivity index (χ0n) is 8.71. The maximum atomic E-state index is 12.8. The lowest BCUT2D eigenvalue weighted by molar-refractivity contribution is -0.139. The van der Waals surface area contributed by atoms with Gasteiger partial charge >= 0.3 is 5.97 Å². The summed E-state index contributed by atoms with van der Waals surface area (Å²) in [6.07, 6.45) is -3.05. The van der Waals surface area contributed by atoms with Crippen LogP contribution in [0.2, 0.25) is 0 Å². The molecule has 0 saturated carbocycles. The van der Waals surface area contributed by atoms with Gasteiger partial charge in [-0.3, -0.25) is 4.79 Å². The number of pyridine rings is 1. The summed E-state index contributed by atoms with van der Waals surface area (Å²) in [7, 11) is 1.17. The summed E-state index contributed by atoms with van der Waals surface area (Å²) in [5, 5.41) is 8.69. The van der Waals surface area contributed by atoms with Crippen LogP contribution in [0.5, 0.6) is 0 Å². The van der Waals surface area contributed by atoms with Crippen LogP contribution in [0, 0.1) is 15.0 Å². The molecule has 0 aliphatic carbocycles. The van der Waals surface area contributed by atoms with E-state index in [9.17, 15) is 13.6 Å². The second-order valence-electron chi connectivity index (χ2n) is 3.04. The molecule has 0 N–H and O–H groups in total. The Morgan fingerprint density at radius 1 is 1.71 bits per heavy atom. The number of rotatable bonds is 3. The van der Waals surface area contributed by atoms with E-state index in [0.717, 1.165) is 0 Å². The first-order chi connectivity index (χ1) is 7.99. The van der Waals surface area contributed by atoms with E-state index in [1.54, 1.807) is 28.7 Å². The number of alkyl halides is 2. The van der Waals surface area contributed by atoms with E-state index in [-0.39, 0.29) is 26.9 Å². The SMILES string of the molecule is COC(=O)Cc1cc(C#N)nc(I)c1C(F)F. The summed E-state index contributed by atoms with van der Waals surface area (Å²) in [4.78, 5) is 14.8. The number of carbonyl (C=O) groups excluding carboxylic acids is 1. The Morgan fingerprint density at radius 2 is 2.35 bits per heavy atom. The van der Waals surface area contributed by atoms with Gasteiger partial charge in [0.2, 0.25) is 0 Å². The molecule has 0 saturated heterocycles. The Bertz CT molecular complexity index is 486. The number of methoxy groups -OCH3 is 1. The zero-order chi connectivity index (χ0) is 13.0. The molecule has 7 heteroatoms. The monoisotopic (exact) mass is 352 g/mol. The molecule has 1 aromatic heterocycles. The third-order valence-electron chi connectivity index (χ3n) is 1.99. The van der Waals surface area contributed by atoms with Crippen molar-refractivity contribution in [2.45, 2.75) is 12.8 Å². The lowest BCUT2D eigenvalue weighted by atomic mass is 10.1. The van der Waals surface area contributed by atoms with Crippen molar-refractivity contribution in [2.75, 3.05) is 7.11 Å². The number of ether oxygens (including phenoxy) is 1. The number of hydrogen-bond acceptors (Lipinski definition) is 4. The normalized spacial score (nSPS) is 10.1. The Labute approximate surface area is 110 Å². The van der Waals surface area contributed by atoms with Gasteiger partial charge in [0.1, 0.15) is 15.5 Å². The van der Waals surface area contributed by atoms with Crippen molar-refractivity contribution < 1.29 is 18.3 Å². The van der Waals surface area contributed by atoms with Crippen LogP contribution in [0.3, 0.4) is 0 Å². The van der Waals surface area contributed by atoms with Gasteiger partial charge in [0, 0.05) is 0 Å². The van der Waals surface area contributed by atoms with Crippen molar-refractivity contribution in [3.63, 3.8) is 0 Å². The molecule has 1 rings (SSSR count). The van der Waals surface area contributed by atoms with E-state index < -0.39 is 12.4 Å². The lowest BCUT2D eigenvalue weighted by Crippen LogP contribution is -2.10. The van der Waals surface area contributed by atoms with E-state index in [2.05, 4.69) is 9.72 Å². The van der Waals surface area contributed by atoms with Gasteiger partial charge in [-0.05, 0) is 34.2 Å². The molecule has 17 heavy (non-hydrogen) atoms. The maximum Gasteiger partial charge on any atom is 0.309 e. The second kappa shape index (κ2) is 5.86. The Morgan fingerprint density at radius 3 is 2.82 bits per heavy atom. The predicted octanol–water partition coefficient (Wildman–Crippen LogP) is 2.21. The fraction of sp³-hybridized carbons (Fsp3) is 0.300. The lowest BCUT2D eigenvalue weighted by Gasteiger charge is -2.09. The summed E-state index contributed by atoms with van der Waals surface area (Å²) in [5.74, 6) is -0.641. The topological polar surface area (TPSA) is 63.0 Å². The first-order valence-corrected chi connectivity index (χ1v) is 5.51. The molecule has 0 unspecified atom stereocenters. The molecule has 0 aliphatic heterocycles. The molecule has 0 bridgehead atoms. The Kier molecular flexibility index (Phi) is 4.74. The van der Waals surface area contributed by atoms with Crippen molar-refractivity contribution >= 4 is 28.6 Å². The maximum absolute atomic E-state index is 12.8. The number of carbonyl (C=O) groups is 1. The highest BCUT2D eigenvalue weighted by atomic mass is 127. The van der Waals surface area contributed by atoms with Crippen LogP contribution in [0.1, 0.15) is 23.2 Å². The van der Waals surface area contributed by atoms with Crippen molar-refractivity contribution in [1.29, 1.82) is 5.26 Å². The van der Waals surface area contributed by atoms with Crippen LogP contribution in [0.25, 0.3) is 0 Å². The number of aromatic nitrogens is 1. The first kappa shape index (κ1) is 13.8. The largest absolute Gasteiger partial charge is 0.469 e. The average molecular weight is 352 g/mol. The third-order valence-corrected chi connectivity index (χ3v) is 2.82. The standard InChI is InChI=1S/C10H7F2IN2O2/c1-17-7(16)3-5-2-6(4-14)15-10(13)8(5)9(11)12/h2,9H,3H2,1H3. The van der Waals surface area contributed by atoms with Gasteiger partial charge in [-0.15, -0.1) is 0 Å². The second-order valence-corrected chi connectivity index (χ2v) is 4.06. The van der Waals surface area contributed by atoms with Gasteiger partial charge in [0.05, 0.1) is 19.1 Å². The highest BCUT2D eigenvalue weighted by Crippen LogP contribution is 2.28. The van der Waals surface area contributed by atoms with E-state index in [1.165, 1.54) is 13.2 Å². The molecular formula is C10H7F2IN2O2. The molecule has 4 nitrogen and oxygen atoms in total. The van der Waals surface area contributed by atoms with Gasteiger partial charge in [-0.25, -0.2) is 13.8 Å².